The number of hydrogen-bond donors (Lipinski definition) is 0. The van der Waals surface area contributed by atoms with Crippen LogP contribution in [0.3, 0.4) is 0 Å². The molecule has 0 unspecified atom stereocenters. The lowest BCUT2D eigenvalue weighted by Gasteiger charge is -2.03. The van der Waals surface area contributed by atoms with Crippen LogP contribution in [0.5, 0.6) is 5.75 Å². The first kappa shape index (κ1) is 9.10. The van der Waals surface area contributed by atoms with Gasteiger partial charge in [-0.3, -0.25) is 0 Å². The Morgan fingerprint density at radius 1 is 1.64 bits per heavy atom. The third-order valence-corrected chi connectivity index (χ3v) is 2.35. The van der Waals surface area contributed by atoms with Gasteiger partial charge >= 0.3 is 0 Å². The third-order valence-electron chi connectivity index (χ3n) is 1.92. The lowest BCUT2D eigenvalue weighted by molar-refractivity contribution is 0.417. The number of nitrogens with zero attached hydrogens (tertiary/aromatic N) is 2. The molecular formula is C10H7BrN2O. The van der Waals surface area contributed by atoms with Crippen LogP contribution >= 0.6 is 15.9 Å². The molecule has 70 valence electrons. The van der Waals surface area contributed by atoms with Crippen molar-refractivity contribution in [3.05, 3.63) is 28.5 Å². The number of pyridine rings is 1. The lowest BCUT2D eigenvalue weighted by Crippen LogP contribution is -1.92. The predicted molar refractivity (Wildman–Crippen MR) is 57.4 cm³/mol. The maximum atomic E-state index is 5.35. The van der Waals surface area contributed by atoms with Gasteiger partial charge in [0.1, 0.15) is 11.3 Å². The van der Waals surface area contributed by atoms with Gasteiger partial charge in [0.25, 0.3) is 0 Å². The van der Waals surface area contributed by atoms with Crippen LogP contribution in [0, 0.1) is 12.3 Å². The third kappa shape index (κ3) is 1.26. The van der Waals surface area contributed by atoms with Crippen LogP contribution in [0.2, 0.25) is 0 Å². The van der Waals surface area contributed by atoms with Crippen LogP contribution in [-0.4, -0.2) is 16.7 Å². The zero-order valence-corrected chi connectivity index (χ0v) is 9.08. The van der Waals surface area contributed by atoms with Crippen molar-refractivity contribution < 1.29 is 4.74 Å². The molecule has 0 fully saturated rings. The number of halogens is 1. The smallest absolute Gasteiger partial charge is 0.147 e. The second-order valence-corrected chi connectivity index (χ2v) is 3.64. The fraction of sp³-hybridized carbons (Fsp3) is 0.100. The largest absolute Gasteiger partial charge is 0.494 e. The van der Waals surface area contributed by atoms with E-state index in [2.05, 4.69) is 26.9 Å². The van der Waals surface area contributed by atoms with E-state index in [1.807, 2.05) is 12.3 Å². The molecule has 0 radical (unpaired) electrons. The number of rotatable bonds is 1. The molecule has 14 heavy (non-hydrogen) atoms. The van der Waals surface area contributed by atoms with Gasteiger partial charge in [-0.05, 0) is 22.0 Å². The van der Waals surface area contributed by atoms with Crippen LogP contribution in [0.15, 0.2) is 22.9 Å². The van der Waals surface area contributed by atoms with E-state index in [-0.39, 0.29) is 0 Å². The summed E-state index contributed by atoms with van der Waals surface area (Å²) in [5, 5.41) is 4.12. The molecule has 0 amide bonds. The summed E-state index contributed by atoms with van der Waals surface area (Å²) in [5.74, 6) is 3.28. The molecule has 2 rings (SSSR count). The van der Waals surface area contributed by atoms with Crippen molar-refractivity contribution in [2.24, 2.45) is 0 Å². The van der Waals surface area contributed by atoms with E-state index in [9.17, 15) is 0 Å². The first-order valence-electron chi connectivity index (χ1n) is 3.93. The Hall–Kier alpha value is -1.47. The second-order valence-electron chi connectivity index (χ2n) is 2.72. The van der Waals surface area contributed by atoms with E-state index < -0.39 is 0 Å². The fourth-order valence-electron chi connectivity index (χ4n) is 1.31. The molecular weight excluding hydrogens is 244 g/mol. The summed E-state index contributed by atoms with van der Waals surface area (Å²) in [6.07, 6.45) is 8.83. The van der Waals surface area contributed by atoms with Crippen molar-refractivity contribution in [2.45, 2.75) is 0 Å². The summed E-state index contributed by atoms with van der Waals surface area (Å²) in [5.41, 5.74) is 1.55. The van der Waals surface area contributed by atoms with E-state index in [0.717, 1.165) is 15.6 Å². The maximum Gasteiger partial charge on any atom is 0.147 e. The maximum absolute atomic E-state index is 5.35. The van der Waals surface area contributed by atoms with Crippen molar-refractivity contribution >= 4 is 21.4 Å². The summed E-state index contributed by atoms with van der Waals surface area (Å²) in [6, 6.07) is 1.86. The van der Waals surface area contributed by atoms with E-state index in [1.54, 1.807) is 17.8 Å². The van der Waals surface area contributed by atoms with Gasteiger partial charge < -0.3 is 4.74 Å². The highest BCUT2D eigenvalue weighted by atomic mass is 79.9. The Balaban J connectivity index is 2.87. The number of aromatic nitrogens is 2. The molecule has 0 aliphatic rings. The quantitative estimate of drug-likeness (QED) is 0.725. The van der Waals surface area contributed by atoms with Gasteiger partial charge in [0, 0.05) is 10.7 Å². The molecule has 0 N–H and O–H groups in total. The minimum absolute atomic E-state index is 0.713. The van der Waals surface area contributed by atoms with Crippen LogP contribution < -0.4 is 4.74 Å². The van der Waals surface area contributed by atoms with Crippen LogP contribution in [0.4, 0.5) is 0 Å². The van der Waals surface area contributed by atoms with Gasteiger partial charge in [-0.2, -0.15) is 5.10 Å². The van der Waals surface area contributed by atoms with Gasteiger partial charge in [0.2, 0.25) is 0 Å². The SMILES string of the molecule is C#Cc1cnn2cc(Br)cc(OC)c12. The number of fused-ring (bicyclic) bond motifs is 1. The molecule has 2 aromatic heterocycles. The Labute approximate surface area is 89.8 Å². The van der Waals surface area contributed by atoms with E-state index in [0.29, 0.717) is 5.75 Å². The van der Waals surface area contributed by atoms with Crippen LogP contribution in [-0.2, 0) is 0 Å². The predicted octanol–water partition coefficient (Wildman–Crippen LogP) is 2.09. The first-order chi connectivity index (χ1) is 6.76. The number of ether oxygens (including phenoxy) is 1. The Bertz CT molecular complexity index is 525. The van der Waals surface area contributed by atoms with Gasteiger partial charge in [0.05, 0.1) is 18.9 Å². The molecule has 0 saturated carbocycles. The van der Waals surface area contributed by atoms with Gasteiger partial charge in [0.15, 0.2) is 0 Å². The van der Waals surface area contributed by atoms with Crippen molar-refractivity contribution in [3.8, 4) is 18.1 Å². The molecule has 2 heterocycles. The number of hydrogen-bond acceptors (Lipinski definition) is 2. The zero-order valence-electron chi connectivity index (χ0n) is 7.49. The molecule has 0 saturated heterocycles. The molecule has 0 aliphatic carbocycles. The zero-order chi connectivity index (χ0) is 10.1. The molecule has 0 aromatic carbocycles. The van der Waals surface area contributed by atoms with Gasteiger partial charge in [-0.15, -0.1) is 6.42 Å². The minimum Gasteiger partial charge on any atom is -0.494 e. The summed E-state index contributed by atoms with van der Waals surface area (Å²) < 4.78 is 7.81. The van der Waals surface area contributed by atoms with Crippen molar-refractivity contribution in [3.63, 3.8) is 0 Å². The molecule has 0 aliphatic heterocycles. The van der Waals surface area contributed by atoms with Crippen LogP contribution in [0.25, 0.3) is 5.52 Å². The van der Waals surface area contributed by atoms with Crippen LogP contribution in [0.1, 0.15) is 5.56 Å². The molecule has 0 bridgehead atoms. The molecule has 3 nitrogen and oxygen atoms in total. The Kier molecular flexibility index (Phi) is 2.18. The highest BCUT2D eigenvalue weighted by Crippen LogP contribution is 2.26. The highest BCUT2D eigenvalue weighted by Gasteiger charge is 2.08. The summed E-state index contributed by atoms with van der Waals surface area (Å²) in [7, 11) is 1.61. The van der Waals surface area contributed by atoms with Crippen molar-refractivity contribution in [2.75, 3.05) is 7.11 Å². The number of terminal acetylenes is 1. The molecule has 0 spiro atoms. The fourth-order valence-corrected chi connectivity index (χ4v) is 1.72. The van der Waals surface area contributed by atoms with Gasteiger partial charge in [-0.25, -0.2) is 4.52 Å². The van der Waals surface area contributed by atoms with Gasteiger partial charge in [-0.1, -0.05) is 5.92 Å². The highest BCUT2D eigenvalue weighted by molar-refractivity contribution is 9.10. The Morgan fingerprint density at radius 2 is 2.43 bits per heavy atom. The number of methoxy groups -OCH3 is 1. The molecule has 2 aromatic rings. The second kappa shape index (κ2) is 3.35. The van der Waals surface area contributed by atoms with E-state index >= 15 is 0 Å². The summed E-state index contributed by atoms with van der Waals surface area (Å²) in [6.45, 7) is 0. The average molecular weight is 251 g/mol. The molecule has 0 atom stereocenters. The average Bonchev–Trinajstić information content (AvgIpc) is 2.59. The normalized spacial score (nSPS) is 10.1. The monoisotopic (exact) mass is 250 g/mol. The topological polar surface area (TPSA) is 26.5 Å². The van der Waals surface area contributed by atoms with E-state index in [1.165, 1.54) is 0 Å². The standard InChI is InChI=1S/C10H7BrN2O/c1-3-7-5-12-13-6-8(11)4-9(14-2)10(7)13/h1,4-6H,2H3. The first-order valence-corrected chi connectivity index (χ1v) is 4.73. The minimum atomic E-state index is 0.713. The lowest BCUT2D eigenvalue weighted by atomic mass is 10.2. The van der Waals surface area contributed by atoms with E-state index in [4.69, 9.17) is 11.2 Å². The molecule has 4 heteroatoms. The van der Waals surface area contributed by atoms with Crippen molar-refractivity contribution in [1.29, 1.82) is 0 Å². The Morgan fingerprint density at radius 3 is 3.07 bits per heavy atom. The van der Waals surface area contributed by atoms with Crippen molar-refractivity contribution in [1.82, 2.24) is 9.61 Å². The summed E-state index contributed by atoms with van der Waals surface area (Å²) >= 11 is 3.36. The summed E-state index contributed by atoms with van der Waals surface area (Å²) in [4.78, 5) is 0.